The van der Waals surface area contributed by atoms with Gasteiger partial charge in [-0.15, -0.1) is 5.53 Å². The number of carbonyl (C=O) groups is 1. The zero-order chi connectivity index (χ0) is 25.1. The molecule has 6 rings (SSSR count). The third kappa shape index (κ3) is 4.06. The number of Topliss-reactive ketones (excluding diaryl/α,β-unsaturated/α-hetero) is 1. The third-order valence-electron chi connectivity index (χ3n) is 11.0. The first-order chi connectivity index (χ1) is 17.3. The first kappa shape index (κ1) is 24.6. The average Bonchev–Trinajstić information content (AvgIpc) is 3.42. The number of hydrogen-bond donors (Lipinski definition) is 3. The van der Waals surface area contributed by atoms with Crippen molar-refractivity contribution < 1.29 is 19.0 Å². The maximum Gasteiger partial charge on any atom is 0.157 e. The molecule has 198 valence electrons. The van der Waals surface area contributed by atoms with E-state index >= 15 is 0 Å². The Kier molecular flexibility index (Phi) is 6.32. The van der Waals surface area contributed by atoms with E-state index in [-0.39, 0.29) is 17.2 Å². The molecule has 0 saturated heterocycles. The second-order valence-corrected chi connectivity index (χ2v) is 12.7. The van der Waals surface area contributed by atoms with E-state index in [1.54, 1.807) is 6.07 Å². The molecule has 4 saturated carbocycles. The molecule has 7 heteroatoms. The summed E-state index contributed by atoms with van der Waals surface area (Å²) in [4.78, 5) is 13.7. The Labute approximate surface area is 214 Å². The van der Waals surface area contributed by atoms with Crippen molar-refractivity contribution in [3.05, 3.63) is 24.0 Å². The number of hydrogen-bond acceptors (Lipinski definition) is 6. The largest absolute Gasteiger partial charge is 0.387 e. The number of nitrogens with zero attached hydrogens (tertiary/aromatic N) is 1. The molecule has 0 aromatic heterocycles. The van der Waals surface area contributed by atoms with Gasteiger partial charge in [-0.25, -0.2) is 4.39 Å². The average molecular weight is 500 g/mol. The predicted molar refractivity (Wildman–Crippen MR) is 138 cm³/mol. The van der Waals surface area contributed by atoms with E-state index in [0.29, 0.717) is 43.1 Å². The van der Waals surface area contributed by atoms with Gasteiger partial charge in [0.25, 0.3) is 0 Å². The summed E-state index contributed by atoms with van der Waals surface area (Å²) in [5.41, 5.74) is 6.99. The van der Waals surface area contributed by atoms with Gasteiger partial charge in [0.1, 0.15) is 5.82 Å². The second kappa shape index (κ2) is 9.25. The third-order valence-corrected chi connectivity index (χ3v) is 11.0. The van der Waals surface area contributed by atoms with Gasteiger partial charge in [-0.2, -0.15) is 0 Å². The molecule has 0 radical (unpaired) electrons. The zero-order valence-corrected chi connectivity index (χ0v) is 21.8. The number of ketones is 1. The Morgan fingerprint density at radius 1 is 1.14 bits per heavy atom. The summed E-state index contributed by atoms with van der Waals surface area (Å²) in [6.07, 6.45) is 9.84. The van der Waals surface area contributed by atoms with E-state index < -0.39 is 5.60 Å². The molecule has 6 nitrogen and oxygen atoms in total. The molecule has 4 aliphatic carbocycles. The van der Waals surface area contributed by atoms with Gasteiger partial charge in [-0.1, -0.05) is 6.92 Å². The number of benzene rings is 1. The summed E-state index contributed by atoms with van der Waals surface area (Å²) < 4.78 is 19.2. The Hall–Kier alpha value is -1.70. The molecule has 8 atom stereocenters. The fourth-order valence-electron chi connectivity index (χ4n) is 9.34. The van der Waals surface area contributed by atoms with Gasteiger partial charge in [0, 0.05) is 18.6 Å². The molecule has 5 aliphatic rings. The summed E-state index contributed by atoms with van der Waals surface area (Å²) in [5, 5.41) is 13.0. The fourth-order valence-corrected chi connectivity index (χ4v) is 9.34. The number of ether oxygens (including phenoxy) is 1. The van der Waals surface area contributed by atoms with E-state index in [0.717, 1.165) is 62.0 Å². The summed E-state index contributed by atoms with van der Waals surface area (Å²) in [6.45, 7) is 5.84. The first-order valence-electron chi connectivity index (χ1n) is 14.2. The molecular formula is C29H42FN3O3. The molecule has 1 aromatic carbocycles. The lowest BCUT2D eigenvalue weighted by Gasteiger charge is -2.57. The molecule has 36 heavy (non-hydrogen) atoms. The van der Waals surface area contributed by atoms with Crippen molar-refractivity contribution in [2.45, 2.75) is 77.2 Å². The van der Waals surface area contributed by atoms with Gasteiger partial charge >= 0.3 is 0 Å². The van der Waals surface area contributed by atoms with Gasteiger partial charge in [-0.3, -0.25) is 9.80 Å². The van der Waals surface area contributed by atoms with Crippen LogP contribution in [0.4, 0.5) is 15.8 Å². The van der Waals surface area contributed by atoms with Crippen molar-refractivity contribution in [3.8, 4) is 0 Å². The Balaban J connectivity index is 1.12. The highest BCUT2D eigenvalue weighted by molar-refractivity contribution is 5.88. The van der Waals surface area contributed by atoms with Crippen LogP contribution in [0.25, 0.3) is 0 Å². The van der Waals surface area contributed by atoms with Crippen molar-refractivity contribution >= 4 is 17.2 Å². The molecule has 0 bridgehead atoms. The number of anilines is 2. The lowest BCUT2D eigenvalue weighted by atomic mass is 9.49. The van der Waals surface area contributed by atoms with Crippen LogP contribution < -0.4 is 16.0 Å². The van der Waals surface area contributed by atoms with Crippen molar-refractivity contribution in [3.63, 3.8) is 0 Å². The molecule has 1 aliphatic heterocycles. The van der Waals surface area contributed by atoms with Crippen molar-refractivity contribution in [2.75, 3.05) is 30.2 Å². The van der Waals surface area contributed by atoms with Crippen LogP contribution in [-0.4, -0.2) is 36.2 Å². The SMILES string of the molecule is CCOC[C@@]1(O)CC[C@H]2[C@H](CC[C@@H]3[C@@H]2CC[C@]2(C)[C@@H](C(=O)CN4NNc5cc(F)ccc54)CC[C@@H]32)C1. The van der Waals surface area contributed by atoms with Crippen LogP contribution in [0, 0.1) is 46.7 Å². The molecule has 4 fully saturated rings. The van der Waals surface area contributed by atoms with Gasteiger partial charge in [0.05, 0.1) is 30.1 Å². The minimum atomic E-state index is -0.638. The van der Waals surface area contributed by atoms with Crippen molar-refractivity contribution in [1.82, 2.24) is 5.53 Å². The molecule has 3 N–H and O–H groups in total. The van der Waals surface area contributed by atoms with Crippen LogP contribution >= 0.6 is 0 Å². The topological polar surface area (TPSA) is 73.8 Å². The van der Waals surface area contributed by atoms with E-state index in [2.05, 4.69) is 17.9 Å². The van der Waals surface area contributed by atoms with E-state index in [9.17, 15) is 14.3 Å². The molecular weight excluding hydrogens is 457 g/mol. The smallest absolute Gasteiger partial charge is 0.157 e. The van der Waals surface area contributed by atoms with Crippen LogP contribution in [0.15, 0.2) is 18.2 Å². The highest BCUT2D eigenvalue weighted by Crippen LogP contribution is 2.64. The van der Waals surface area contributed by atoms with Gasteiger partial charge in [-0.05, 0) is 112 Å². The molecule has 0 unspecified atom stereocenters. The number of carbonyl (C=O) groups excluding carboxylic acids is 1. The number of nitrogens with one attached hydrogen (secondary N) is 2. The Morgan fingerprint density at radius 3 is 2.81 bits per heavy atom. The highest BCUT2D eigenvalue weighted by atomic mass is 19.1. The molecule has 0 spiro atoms. The molecule has 1 heterocycles. The van der Waals surface area contributed by atoms with Crippen molar-refractivity contribution in [2.24, 2.45) is 40.9 Å². The number of hydrazine groups is 2. The van der Waals surface area contributed by atoms with Crippen LogP contribution in [0.5, 0.6) is 0 Å². The number of fused-ring (bicyclic) bond motifs is 6. The Bertz CT molecular complexity index is 1010. The number of halogens is 1. The monoisotopic (exact) mass is 499 g/mol. The fraction of sp³-hybridized carbons (Fsp3) is 0.759. The van der Waals surface area contributed by atoms with Crippen LogP contribution in [0.2, 0.25) is 0 Å². The number of rotatable bonds is 6. The first-order valence-corrected chi connectivity index (χ1v) is 14.2. The lowest BCUT2D eigenvalue weighted by molar-refractivity contribution is -0.136. The normalized spacial score (nSPS) is 41.2. The van der Waals surface area contributed by atoms with E-state index in [1.165, 1.54) is 31.4 Å². The second-order valence-electron chi connectivity index (χ2n) is 12.7. The summed E-state index contributed by atoms with van der Waals surface area (Å²) >= 11 is 0. The summed E-state index contributed by atoms with van der Waals surface area (Å²) in [6, 6.07) is 4.63. The van der Waals surface area contributed by atoms with Crippen molar-refractivity contribution in [1.29, 1.82) is 0 Å². The zero-order valence-electron chi connectivity index (χ0n) is 21.8. The predicted octanol–water partition coefficient (Wildman–Crippen LogP) is 5.08. The van der Waals surface area contributed by atoms with E-state index in [1.807, 2.05) is 11.9 Å². The standard InChI is InChI=1S/C29H42FN3O3/c1-3-36-17-29(35)13-11-20-18(15-29)4-6-22-21(20)10-12-28(2)23(22)7-8-24(28)27(34)16-33-26-9-5-19(30)14-25(26)31-32-33/h5,9,14,18,20-24,31-32,35H,3-4,6-8,10-13,15-17H2,1-2H3/t18-,20+,21-,22-,23+,24-,28+,29-/m1/s1. The number of aliphatic hydroxyl groups is 1. The highest BCUT2D eigenvalue weighted by Gasteiger charge is 2.59. The van der Waals surface area contributed by atoms with Crippen LogP contribution in [-0.2, 0) is 9.53 Å². The van der Waals surface area contributed by atoms with Gasteiger partial charge in [0.2, 0.25) is 0 Å². The minimum Gasteiger partial charge on any atom is -0.387 e. The summed E-state index contributed by atoms with van der Waals surface area (Å²) in [5.74, 6) is 3.54. The quantitative estimate of drug-likeness (QED) is 0.507. The maximum absolute atomic E-state index is 13.7. The minimum absolute atomic E-state index is 0.0776. The molecule has 1 aromatic rings. The maximum atomic E-state index is 13.7. The van der Waals surface area contributed by atoms with Crippen LogP contribution in [0.1, 0.15) is 71.6 Å². The lowest BCUT2D eigenvalue weighted by Crippen LogP contribution is -2.53. The molecule has 0 amide bonds. The van der Waals surface area contributed by atoms with Gasteiger partial charge in [0.15, 0.2) is 5.78 Å². The summed E-state index contributed by atoms with van der Waals surface area (Å²) in [7, 11) is 0. The van der Waals surface area contributed by atoms with Gasteiger partial charge < -0.3 is 15.3 Å². The van der Waals surface area contributed by atoms with E-state index in [4.69, 9.17) is 4.74 Å². The Morgan fingerprint density at radius 2 is 1.97 bits per heavy atom. The van der Waals surface area contributed by atoms with Crippen LogP contribution in [0.3, 0.4) is 0 Å².